The summed E-state index contributed by atoms with van der Waals surface area (Å²) in [6.07, 6.45) is 4.81. The maximum atomic E-state index is 10.2. The van der Waals surface area contributed by atoms with Crippen LogP contribution in [0.4, 0.5) is 0 Å². The molecule has 0 fully saturated rings. The minimum atomic E-state index is -0.332. The number of aliphatic hydroxyl groups is 1. The number of halogens is 1. The van der Waals surface area contributed by atoms with Gasteiger partial charge < -0.3 is 9.84 Å². The third-order valence-corrected chi connectivity index (χ3v) is 4.21. The van der Waals surface area contributed by atoms with Crippen molar-refractivity contribution in [2.24, 2.45) is 0 Å². The fourth-order valence-electron chi connectivity index (χ4n) is 2.78. The number of hydrogen-bond acceptors (Lipinski definition) is 2. The van der Waals surface area contributed by atoms with Crippen molar-refractivity contribution in [1.29, 1.82) is 0 Å². The molecule has 1 aromatic carbocycles. The fraction of sp³-hybridized carbons (Fsp3) is 0.538. The summed E-state index contributed by atoms with van der Waals surface area (Å²) in [5.41, 5.74) is 3.60. The van der Waals surface area contributed by atoms with Crippen LogP contribution in [0.5, 0.6) is 5.75 Å². The highest BCUT2D eigenvalue weighted by Crippen LogP contribution is 2.42. The van der Waals surface area contributed by atoms with Gasteiger partial charge in [-0.1, -0.05) is 22.4 Å². The molecule has 1 heterocycles. The highest BCUT2D eigenvalue weighted by Gasteiger charge is 2.26. The topological polar surface area (TPSA) is 29.5 Å². The summed E-state index contributed by atoms with van der Waals surface area (Å²) < 4.78 is 6.78. The van der Waals surface area contributed by atoms with Crippen molar-refractivity contribution in [2.75, 3.05) is 6.61 Å². The second-order valence-corrected chi connectivity index (χ2v) is 5.45. The van der Waals surface area contributed by atoms with Crippen LogP contribution in [0.3, 0.4) is 0 Å². The molecule has 0 aromatic heterocycles. The van der Waals surface area contributed by atoms with E-state index in [0.29, 0.717) is 0 Å². The molecule has 1 aliphatic carbocycles. The summed E-state index contributed by atoms with van der Waals surface area (Å²) in [5.74, 6) is 1.05. The Morgan fingerprint density at radius 2 is 2.19 bits per heavy atom. The Balaban J connectivity index is 2.21. The van der Waals surface area contributed by atoms with Crippen molar-refractivity contribution in [2.45, 2.75) is 38.2 Å². The molecule has 0 saturated heterocycles. The van der Waals surface area contributed by atoms with E-state index in [1.54, 1.807) is 0 Å². The number of hydrogen-bond donors (Lipinski definition) is 1. The number of aliphatic hydroxyl groups excluding tert-OH is 1. The Hall–Kier alpha value is -0.540. The van der Waals surface area contributed by atoms with Crippen LogP contribution in [0.15, 0.2) is 10.5 Å². The molecule has 16 heavy (non-hydrogen) atoms. The lowest BCUT2D eigenvalue weighted by Gasteiger charge is -2.17. The average molecular weight is 283 g/mol. The van der Waals surface area contributed by atoms with Crippen LogP contribution in [0.25, 0.3) is 0 Å². The smallest absolute Gasteiger partial charge is 0.126 e. The normalized spacial score (nSPS) is 23.2. The van der Waals surface area contributed by atoms with Gasteiger partial charge in [0.2, 0.25) is 0 Å². The predicted molar refractivity (Wildman–Crippen MR) is 65.9 cm³/mol. The second kappa shape index (κ2) is 4.04. The summed E-state index contributed by atoms with van der Waals surface area (Å²) in [5, 5.41) is 10.2. The van der Waals surface area contributed by atoms with Crippen molar-refractivity contribution in [3.8, 4) is 5.75 Å². The first-order valence-electron chi connectivity index (χ1n) is 5.92. The molecule has 0 bridgehead atoms. The zero-order valence-electron chi connectivity index (χ0n) is 9.13. The third-order valence-electron chi connectivity index (χ3n) is 3.55. The minimum absolute atomic E-state index is 0.332. The van der Waals surface area contributed by atoms with Gasteiger partial charge in [0, 0.05) is 22.0 Å². The molecule has 3 heteroatoms. The highest BCUT2D eigenvalue weighted by molar-refractivity contribution is 9.10. The van der Waals surface area contributed by atoms with Gasteiger partial charge in [-0.15, -0.1) is 0 Å². The van der Waals surface area contributed by atoms with Gasteiger partial charge in [0.15, 0.2) is 0 Å². The Morgan fingerprint density at radius 3 is 3.06 bits per heavy atom. The van der Waals surface area contributed by atoms with Crippen molar-refractivity contribution < 1.29 is 9.84 Å². The van der Waals surface area contributed by atoms with E-state index in [0.717, 1.165) is 54.5 Å². The van der Waals surface area contributed by atoms with E-state index in [2.05, 4.69) is 22.0 Å². The summed E-state index contributed by atoms with van der Waals surface area (Å²) in [6.45, 7) is 0.786. The van der Waals surface area contributed by atoms with Crippen molar-refractivity contribution in [1.82, 2.24) is 0 Å². The Labute approximate surface area is 104 Å². The summed E-state index contributed by atoms with van der Waals surface area (Å²) in [4.78, 5) is 0. The number of ether oxygens (including phenoxy) is 1. The summed E-state index contributed by atoms with van der Waals surface area (Å²) >= 11 is 3.60. The van der Waals surface area contributed by atoms with Crippen LogP contribution in [-0.2, 0) is 12.8 Å². The van der Waals surface area contributed by atoms with Gasteiger partial charge in [-0.2, -0.15) is 0 Å². The summed E-state index contributed by atoms with van der Waals surface area (Å²) in [6, 6.07) is 2.12. The van der Waals surface area contributed by atoms with Crippen LogP contribution in [0.2, 0.25) is 0 Å². The van der Waals surface area contributed by atoms with E-state index >= 15 is 0 Å². The molecular formula is C13H15BrO2. The molecule has 0 spiro atoms. The van der Waals surface area contributed by atoms with Gasteiger partial charge in [-0.3, -0.25) is 0 Å². The van der Waals surface area contributed by atoms with Gasteiger partial charge in [0.25, 0.3) is 0 Å². The lowest BCUT2D eigenvalue weighted by Crippen LogP contribution is -2.02. The molecule has 1 atom stereocenters. The number of rotatable bonds is 0. The predicted octanol–water partition coefficient (Wildman–Crippen LogP) is 3.14. The molecule has 1 aromatic rings. The highest BCUT2D eigenvalue weighted by atomic mass is 79.9. The van der Waals surface area contributed by atoms with E-state index in [4.69, 9.17) is 4.74 Å². The second-order valence-electron chi connectivity index (χ2n) is 4.60. The quantitative estimate of drug-likeness (QED) is 0.741. The molecule has 0 saturated carbocycles. The van der Waals surface area contributed by atoms with Crippen LogP contribution in [0, 0.1) is 0 Å². The molecule has 0 radical (unpaired) electrons. The number of benzene rings is 1. The first-order chi connectivity index (χ1) is 7.77. The largest absolute Gasteiger partial charge is 0.493 e. The molecular weight excluding hydrogens is 268 g/mol. The first-order valence-corrected chi connectivity index (χ1v) is 6.71. The van der Waals surface area contributed by atoms with Crippen LogP contribution >= 0.6 is 15.9 Å². The van der Waals surface area contributed by atoms with E-state index in [-0.39, 0.29) is 6.10 Å². The molecule has 1 unspecified atom stereocenters. The minimum Gasteiger partial charge on any atom is -0.493 e. The monoisotopic (exact) mass is 282 g/mol. The Kier molecular flexibility index (Phi) is 2.68. The first kappa shape index (κ1) is 10.6. The average Bonchev–Trinajstić information content (AvgIpc) is 2.62. The lowest BCUT2D eigenvalue weighted by molar-refractivity contribution is 0.165. The van der Waals surface area contributed by atoms with Crippen molar-refractivity contribution in [3.63, 3.8) is 0 Å². The maximum Gasteiger partial charge on any atom is 0.126 e. The van der Waals surface area contributed by atoms with Crippen LogP contribution < -0.4 is 4.74 Å². The van der Waals surface area contributed by atoms with Crippen LogP contribution in [-0.4, -0.2) is 11.7 Å². The molecule has 3 rings (SSSR count). The molecule has 2 aliphatic rings. The molecule has 1 N–H and O–H groups in total. The Morgan fingerprint density at radius 1 is 1.31 bits per heavy atom. The van der Waals surface area contributed by atoms with Gasteiger partial charge in [-0.25, -0.2) is 0 Å². The molecule has 2 nitrogen and oxygen atoms in total. The van der Waals surface area contributed by atoms with Crippen molar-refractivity contribution >= 4 is 15.9 Å². The van der Waals surface area contributed by atoms with Crippen LogP contribution in [0.1, 0.15) is 42.1 Å². The van der Waals surface area contributed by atoms with Gasteiger partial charge in [0.05, 0.1) is 12.7 Å². The van der Waals surface area contributed by atoms with E-state index in [9.17, 15) is 5.11 Å². The van der Waals surface area contributed by atoms with Crippen molar-refractivity contribution in [3.05, 3.63) is 27.2 Å². The third kappa shape index (κ3) is 1.57. The zero-order chi connectivity index (χ0) is 11.1. The zero-order valence-corrected chi connectivity index (χ0v) is 10.7. The fourth-order valence-corrected chi connectivity index (χ4v) is 3.56. The van der Waals surface area contributed by atoms with E-state index in [1.807, 2.05) is 0 Å². The SMILES string of the molecule is OC1CCCCc2c3c(cc(Br)c21)CCO3. The molecule has 0 amide bonds. The lowest BCUT2D eigenvalue weighted by atomic mass is 9.97. The van der Waals surface area contributed by atoms with E-state index in [1.165, 1.54) is 11.1 Å². The van der Waals surface area contributed by atoms with Gasteiger partial charge >= 0.3 is 0 Å². The van der Waals surface area contributed by atoms with E-state index < -0.39 is 0 Å². The van der Waals surface area contributed by atoms with Gasteiger partial charge in [-0.05, 0) is 30.9 Å². The molecule has 1 aliphatic heterocycles. The standard InChI is InChI=1S/C13H15BrO2/c14-10-7-8-5-6-16-13(8)9-3-1-2-4-11(15)12(9)10/h7,11,15H,1-6H2. The number of fused-ring (bicyclic) bond motifs is 3. The van der Waals surface area contributed by atoms with Gasteiger partial charge in [0.1, 0.15) is 5.75 Å². The summed E-state index contributed by atoms with van der Waals surface area (Å²) in [7, 11) is 0. The Bertz CT molecular complexity index is 428. The molecule has 86 valence electrons. The maximum absolute atomic E-state index is 10.2.